The average Bonchev–Trinajstić information content (AvgIpc) is 2.45. The fourth-order valence-corrected chi connectivity index (χ4v) is 1.74. The van der Waals surface area contributed by atoms with Crippen LogP contribution in [0.4, 0.5) is 0 Å². The number of amides is 2. The summed E-state index contributed by atoms with van der Waals surface area (Å²) in [7, 11) is 1.38. The van der Waals surface area contributed by atoms with Crippen molar-refractivity contribution in [1.82, 2.24) is 4.90 Å². The van der Waals surface area contributed by atoms with Gasteiger partial charge in [-0.1, -0.05) is 30.3 Å². The number of likely N-dealkylation sites (tertiary alicyclic amines) is 1. The second kappa shape index (κ2) is 3.17. The molecule has 1 saturated heterocycles. The van der Waals surface area contributed by atoms with E-state index in [2.05, 4.69) is 0 Å². The Morgan fingerprint density at radius 3 is 2.33 bits per heavy atom. The van der Waals surface area contributed by atoms with Crippen molar-refractivity contribution >= 4 is 11.8 Å². The molecule has 0 aromatic heterocycles. The molecule has 1 unspecified atom stereocenters. The van der Waals surface area contributed by atoms with Gasteiger partial charge in [-0.15, -0.1) is 0 Å². The van der Waals surface area contributed by atoms with E-state index >= 15 is 0 Å². The molecule has 1 fully saturated rings. The van der Waals surface area contributed by atoms with Gasteiger partial charge in [-0.05, 0) is 5.56 Å². The summed E-state index contributed by atoms with van der Waals surface area (Å²) in [6, 6.07) is 8.53. The van der Waals surface area contributed by atoms with Crippen molar-refractivity contribution in [2.75, 3.05) is 7.05 Å². The van der Waals surface area contributed by atoms with E-state index in [0.717, 1.165) is 4.90 Å². The Kier molecular flexibility index (Phi) is 2.08. The molecule has 0 aliphatic carbocycles. The van der Waals surface area contributed by atoms with E-state index in [1.165, 1.54) is 7.05 Å². The highest BCUT2D eigenvalue weighted by Crippen LogP contribution is 2.32. The smallest absolute Gasteiger partial charge is 0.266 e. The molecule has 1 heterocycles. The molecule has 0 saturated carbocycles. The van der Waals surface area contributed by atoms with Gasteiger partial charge in [0.1, 0.15) is 0 Å². The number of aliphatic hydroxyl groups is 1. The predicted octanol–water partition coefficient (Wildman–Crippen LogP) is 0.263. The van der Waals surface area contributed by atoms with Crippen LogP contribution in [-0.2, 0) is 15.2 Å². The predicted molar refractivity (Wildman–Crippen MR) is 52.7 cm³/mol. The number of rotatable bonds is 1. The van der Waals surface area contributed by atoms with Crippen molar-refractivity contribution in [3.05, 3.63) is 35.9 Å². The second-order valence-corrected chi connectivity index (χ2v) is 3.66. The molecule has 1 aliphatic rings. The Hall–Kier alpha value is -1.68. The molecular formula is C11H11NO3. The first-order valence-corrected chi connectivity index (χ1v) is 4.64. The number of nitrogens with zero attached hydrogens (tertiary/aromatic N) is 1. The molecular weight excluding hydrogens is 194 g/mol. The number of hydrogen-bond acceptors (Lipinski definition) is 3. The highest BCUT2D eigenvalue weighted by atomic mass is 16.3. The van der Waals surface area contributed by atoms with E-state index in [1.54, 1.807) is 30.3 Å². The van der Waals surface area contributed by atoms with Crippen molar-refractivity contribution in [3.63, 3.8) is 0 Å². The molecule has 4 heteroatoms. The van der Waals surface area contributed by atoms with E-state index in [9.17, 15) is 14.7 Å². The number of benzene rings is 1. The Bertz CT molecular complexity index is 415. The lowest BCUT2D eigenvalue weighted by atomic mass is 9.92. The van der Waals surface area contributed by atoms with Gasteiger partial charge in [0.15, 0.2) is 5.60 Å². The monoisotopic (exact) mass is 205 g/mol. The minimum atomic E-state index is -1.67. The Morgan fingerprint density at radius 1 is 1.27 bits per heavy atom. The van der Waals surface area contributed by atoms with Crippen LogP contribution in [0.25, 0.3) is 0 Å². The summed E-state index contributed by atoms with van der Waals surface area (Å²) >= 11 is 0. The van der Waals surface area contributed by atoms with Crippen LogP contribution in [0.5, 0.6) is 0 Å². The summed E-state index contributed by atoms with van der Waals surface area (Å²) in [4.78, 5) is 24.0. The van der Waals surface area contributed by atoms with Crippen LogP contribution in [-0.4, -0.2) is 28.9 Å². The lowest BCUT2D eigenvalue weighted by molar-refractivity contribution is -0.144. The van der Waals surface area contributed by atoms with Crippen molar-refractivity contribution in [3.8, 4) is 0 Å². The first-order valence-electron chi connectivity index (χ1n) is 4.64. The lowest BCUT2D eigenvalue weighted by Gasteiger charge is -2.19. The first-order chi connectivity index (χ1) is 7.05. The van der Waals surface area contributed by atoms with E-state index in [-0.39, 0.29) is 12.3 Å². The van der Waals surface area contributed by atoms with Crippen molar-refractivity contribution < 1.29 is 14.7 Å². The number of likely N-dealkylation sites (N-methyl/N-ethyl adjacent to an activating group) is 1. The number of carbonyl (C=O) groups excluding carboxylic acids is 2. The van der Waals surface area contributed by atoms with Crippen molar-refractivity contribution in [2.24, 2.45) is 0 Å². The Balaban J connectivity index is 2.45. The van der Waals surface area contributed by atoms with Crippen LogP contribution in [0.3, 0.4) is 0 Å². The molecule has 4 nitrogen and oxygen atoms in total. The zero-order valence-electron chi connectivity index (χ0n) is 8.30. The summed E-state index contributed by atoms with van der Waals surface area (Å²) in [6.07, 6.45) is -0.174. The van der Waals surface area contributed by atoms with Crippen molar-refractivity contribution in [1.29, 1.82) is 0 Å². The average molecular weight is 205 g/mol. The van der Waals surface area contributed by atoms with Crippen LogP contribution in [0.15, 0.2) is 30.3 Å². The molecule has 1 N–H and O–H groups in total. The van der Waals surface area contributed by atoms with Gasteiger partial charge in [0.05, 0.1) is 6.42 Å². The molecule has 1 atom stereocenters. The van der Waals surface area contributed by atoms with Gasteiger partial charge in [-0.3, -0.25) is 14.5 Å². The summed E-state index contributed by atoms with van der Waals surface area (Å²) in [5.41, 5.74) is -1.21. The van der Waals surface area contributed by atoms with Gasteiger partial charge >= 0.3 is 0 Å². The van der Waals surface area contributed by atoms with E-state index < -0.39 is 11.5 Å². The molecule has 0 bridgehead atoms. The lowest BCUT2D eigenvalue weighted by Crippen LogP contribution is -2.36. The van der Waals surface area contributed by atoms with Gasteiger partial charge in [0, 0.05) is 7.05 Å². The topological polar surface area (TPSA) is 57.6 Å². The number of hydrogen-bond donors (Lipinski definition) is 1. The minimum Gasteiger partial charge on any atom is -0.375 e. The fourth-order valence-electron chi connectivity index (χ4n) is 1.74. The van der Waals surface area contributed by atoms with Crippen LogP contribution in [0.2, 0.25) is 0 Å². The maximum atomic E-state index is 11.7. The summed E-state index contributed by atoms with van der Waals surface area (Å²) < 4.78 is 0. The Morgan fingerprint density at radius 2 is 1.87 bits per heavy atom. The number of carbonyl (C=O) groups is 2. The molecule has 2 rings (SSSR count). The third kappa shape index (κ3) is 1.34. The molecule has 15 heavy (non-hydrogen) atoms. The van der Waals surface area contributed by atoms with Crippen molar-refractivity contribution in [2.45, 2.75) is 12.0 Å². The molecule has 1 aromatic rings. The van der Waals surface area contributed by atoms with E-state index in [1.807, 2.05) is 0 Å². The van der Waals surface area contributed by atoms with Gasteiger partial charge < -0.3 is 5.11 Å². The quantitative estimate of drug-likeness (QED) is 0.669. The molecule has 0 spiro atoms. The second-order valence-electron chi connectivity index (χ2n) is 3.66. The van der Waals surface area contributed by atoms with Gasteiger partial charge in [0.25, 0.3) is 5.91 Å². The zero-order chi connectivity index (χ0) is 11.1. The third-order valence-electron chi connectivity index (χ3n) is 2.69. The third-order valence-corrected chi connectivity index (χ3v) is 2.69. The fraction of sp³-hybridized carbons (Fsp3) is 0.273. The van der Waals surface area contributed by atoms with E-state index in [4.69, 9.17) is 0 Å². The van der Waals surface area contributed by atoms with E-state index in [0.29, 0.717) is 5.56 Å². The molecule has 1 aliphatic heterocycles. The summed E-state index contributed by atoms with van der Waals surface area (Å²) in [6.45, 7) is 0. The standard InChI is InChI=1S/C11H11NO3/c1-12-9(13)7-11(15,10(12)14)8-5-3-2-4-6-8/h2-6,15H,7H2,1H3. The first kappa shape index (κ1) is 9.86. The minimum absolute atomic E-state index is 0.174. The highest BCUT2D eigenvalue weighted by molar-refractivity contribution is 6.07. The van der Waals surface area contributed by atoms with Gasteiger partial charge in [0.2, 0.25) is 5.91 Å². The number of imide groups is 1. The molecule has 0 radical (unpaired) electrons. The van der Waals surface area contributed by atoms with Crippen LogP contribution < -0.4 is 0 Å². The molecule has 1 aromatic carbocycles. The maximum Gasteiger partial charge on any atom is 0.266 e. The van der Waals surface area contributed by atoms with Gasteiger partial charge in [-0.25, -0.2) is 0 Å². The zero-order valence-corrected chi connectivity index (χ0v) is 8.30. The summed E-state index contributed by atoms with van der Waals surface area (Å²) in [5.74, 6) is -0.912. The van der Waals surface area contributed by atoms with Crippen LogP contribution in [0, 0.1) is 0 Å². The Labute approximate surface area is 87.1 Å². The largest absolute Gasteiger partial charge is 0.375 e. The molecule has 78 valence electrons. The SMILES string of the molecule is CN1C(=O)CC(O)(c2ccccc2)C1=O. The maximum absolute atomic E-state index is 11.7. The van der Waals surface area contributed by atoms with Gasteiger partial charge in [-0.2, -0.15) is 0 Å². The van der Waals surface area contributed by atoms with Crippen LogP contribution >= 0.6 is 0 Å². The van der Waals surface area contributed by atoms with Crippen LogP contribution in [0.1, 0.15) is 12.0 Å². The highest BCUT2D eigenvalue weighted by Gasteiger charge is 2.49. The molecule has 2 amide bonds. The summed E-state index contributed by atoms with van der Waals surface area (Å²) in [5, 5.41) is 10.2. The normalized spacial score (nSPS) is 26.1.